The first-order valence-corrected chi connectivity index (χ1v) is 7.55. The maximum Gasteiger partial charge on any atom is 0.257 e. The number of rotatable bonds is 4. The molecule has 0 atom stereocenters. The quantitative estimate of drug-likeness (QED) is 0.743. The molecule has 0 spiro atoms. The van der Waals surface area contributed by atoms with E-state index in [1.54, 1.807) is 35.2 Å². The standard InChI is InChI=1S/C17H19N5O/c1-12(2)22-10-13(8-19-22)17(23)21(3)11-14-9-18-15-6-4-5-7-16(15)20-14/h4-10,12H,11H2,1-3H3. The van der Waals surface area contributed by atoms with Gasteiger partial charge in [0.1, 0.15) is 0 Å². The molecule has 6 heteroatoms. The Morgan fingerprint density at radius 3 is 2.65 bits per heavy atom. The Bertz CT molecular complexity index is 840. The van der Waals surface area contributed by atoms with Crippen LogP contribution >= 0.6 is 0 Å². The van der Waals surface area contributed by atoms with E-state index in [4.69, 9.17) is 0 Å². The molecule has 0 saturated heterocycles. The van der Waals surface area contributed by atoms with Gasteiger partial charge in [-0.1, -0.05) is 12.1 Å². The molecule has 3 rings (SSSR count). The summed E-state index contributed by atoms with van der Waals surface area (Å²) in [6.45, 7) is 4.45. The fourth-order valence-corrected chi connectivity index (χ4v) is 2.34. The smallest absolute Gasteiger partial charge is 0.257 e. The Kier molecular flexibility index (Phi) is 4.06. The first-order chi connectivity index (χ1) is 11.0. The van der Waals surface area contributed by atoms with E-state index in [2.05, 4.69) is 15.1 Å². The van der Waals surface area contributed by atoms with Crippen LogP contribution in [0.5, 0.6) is 0 Å². The molecule has 3 aromatic rings. The average Bonchev–Trinajstić information content (AvgIpc) is 3.04. The van der Waals surface area contributed by atoms with Crippen molar-refractivity contribution in [1.82, 2.24) is 24.6 Å². The second-order valence-corrected chi connectivity index (χ2v) is 5.81. The number of amides is 1. The van der Waals surface area contributed by atoms with Gasteiger partial charge in [-0.2, -0.15) is 5.10 Å². The van der Waals surface area contributed by atoms with Crippen molar-refractivity contribution in [2.75, 3.05) is 7.05 Å². The second kappa shape index (κ2) is 6.16. The van der Waals surface area contributed by atoms with Crippen LogP contribution in [-0.2, 0) is 6.54 Å². The molecule has 0 saturated carbocycles. The van der Waals surface area contributed by atoms with E-state index in [0.29, 0.717) is 12.1 Å². The van der Waals surface area contributed by atoms with Crippen LogP contribution in [0.15, 0.2) is 42.9 Å². The summed E-state index contributed by atoms with van der Waals surface area (Å²) < 4.78 is 1.77. The highest BCUT2D eigenvalue weighted by Gasteiger charge is 2.15. The molecule has 0 N–H and O–H groups in total. The Morgan fingerprint density at radius 2 is 1.96 bits per heavy atom. The molecule has 0 aliphatic heterocycles. The van der Waals surface area contributed by atoms with Gasteiger partial charge in [-0.15, -0.1) is 0 Å². The number of hydrogen-bond donors (Lipinski definition) is 0. The molecule has 1 aromatic carbocycles. The zero-order chi connectivity index (χ0) is 16.4. The topological polar surface area (TPSA) is 63.9 Å². The van der Waals surface area contributed by atoms with Crippen molar-refractivity contribution in [1.29, 1.82) is 0 Å². The fourth-order valence-electron chi connectivity index (χ4n) is 2.34. The van der Waals surface area contributed by atoms with Crippen LogP contribution in [0.3, 0.4) is 0 Å². The van der Waals surface area contributed by atoms with E-state index in [1.807, 2.05) is 38.1 Å². The average molecular weight is 309 g/mol. The Labute approximate surface area is 134 Å². The van der Waals surface area contributed by atoms with Gasteiger partial charge >= 0.3 is 0 Å². The van der Waals surface area contributed by atoms with Crippen LogP contribution in [0.1, 0.15) is 35.9 Å². The van der Waals surface area contributed by atoms with Crippen LogP contribution < -0.4 is 0 Å². The lowest BCUT2D eigenvalue weighted by Crippen LogP contribution is -2.26. The van der Waals surface area contributed by atoms with Gasteiger partial charge in [0, 0.05) is 19.3 Å². The first kappa shape index (κ1) is 15.1. The van der Waals surface area contributed by atoms with Crippen molar-refractivity contribution in [3.63, 3.8) is 0 Å². The largest absolute Gasteiger partial charge is 0.336 e. The van der Waals surface area contributed by atoms with Crippen molar-refractivity contribution in [3.05, 3.63) is 54.1 Å². The highest BCUT2D eigenvalue weighted by atomic mass is 16.2. The Morgan fingerprint density at radius 1 is 1.22 bits per heavy atom. The van der Waals surface area contributed by atoms with Gasteiger partial charge in [0.25, 0.3) is 5.91 Å². The second-order valence-electron chi connectivity index (χ2n) is 5.81. The summed E-state index contributed by atoms with van der Waals surface area (Å²) in [4.78, 5) is 23.0. The maximum atomic E-state index is 12.5. The summed E-state index contributed by atoms with van der Waals surface area (Å²) in [5.74, 6) is -0.0770. The molecule has 0 radical (unpaired) electrons. The molecule has 0 aliphatic carbocycles. The number of fused-ring (bicyclic) bond motifs is 1. The van der Waals surface area contributed by atoms with Gasteiger partial charge in [0.05, 0.1) is 41.2 Å². The number of nitrogens with zero attached hydrogens (tertiary/aromatic N) is 5. The lowest BCUT2D eigenvalue weighted by atomic mass is 10.2. The Hall–Kier alpha value is -2.76. The summed E-state index contributed by atoms with van der Waals surface area (Å²) in [7, 11) is 1.76. The molecular weight excluding hydrogens is 290 g/mol. The maximum absolute atomic E-state index is 12.5. The van der Waals surface area contributed by atoms with E-state index in [0.717, 1.165) is 16.7 Å². The number of carbonyl (C=O) groups excluding carboxylic acids is 1. The minimum atomic E-state index is -0.0770. The molecule has 0 bridgehead atoms. The van der Waals surface area contributed by atoms with Gasteiger partial charge in [-0.25, -0.2) is 4.98 Å². The summed E-state index contributed by atoms with van der Waals surface area (Å²) in [5, 5.41) is 4.21. The minimum Gasteiger partial charge on any atom is -0.336 e. The molecule has 0 unspecified atom stereocenters. The normalized spacial score (nSPS) is 11.1. The number of carbonyl (C=O) groups is 1. The predicted octanol–water partition coefficient (Wildman–Crippen LogP) is 2.68. The van der Waals surface area contributed by atoms with Gasteiger partial charge < -0.3 is 4.90 Å². The van der Waals surface area contributed by atoms with E-state index >= 15 is 0 Å². The molecule has 118 valence electrons. The summed E-state index contributed by atoms with van der Waals surface area (Å²) in [6, 6.07) is 7.92. The molecular formula is C17H19N5O. The third kappa shape index (κ3) is 3.21. The summed E-state index contributed by atoms with van der Waals surface area (Å²) >= 11 is 0. The van der Waals surface area contributed by atoms with E-state index < -0.39 is 0 Å². The van der Waals surface area contributed by atoms with Gasteiger partial charge in [-0.05, 0) is 26.0 Å². The summed E-state index contributed by atoms with van der Waals surface area (Å²) in [5.41, 5.74) is 3.02. The monoisotopic (exact) mass is 309 g/mol. The fraction of sp³-hybridized carbons (Fsp3) is 0.294. The summed E-state index contributed by atoms with van der Waals surface area (Å²) in [6.07, 6.45) is 5.09. The number of para-hydroxylation sites is 2. The molecule has 0 aliphatic rings. The molecule has 2 aromatic heterocycles. The van der Waals surface area contributed by atoms with Gasteiger partial charge in [0.15, 0.2) is 0 Å². The highest BCUT2D eigenvalue weighted by Crippen LogP contribution is 2.12. The van der Waals surface area contributed by atoms with Crippen molar-refractivity contribution in [3.8, 4) is 0 Å². The van der Waals surface area contributed by atoms with Crippen molar-refractivity contribution in [2.24, 2.45) is 0 Å². The van der Waals surface area contributed by atoms with E-state index in [1.165, 1.54) is 0 Å². The molecule has 1 amide bonds. The van der Waals surface area contributed by atoms with Crippen LogP contribution in [0.4, 0.5) is 0 Å². The number of aromatic nitrogens is 4. The van der Waals surface area contributed by atoms with Crippen LogP contribution in [-0.4, -0.2) is 37.6 Å². The lowest BCUT2D eigenvalue weighted by Gasteiger charge is -2.15. The number of benzene rings is 1. The van der Waals surface area contributed by atoms with Crippen LogP contribution in [0.25, 0.3) is 11.0 Å². The van der Waals surface area contributed by atoms with Gasteiger partial charge in [-0.3, -0.25) is 14.5 Å². The first-order valence-electron chi connectivity index (χ1n) is 7.55. The van der Waals surface area contributed by atoms with Gasteiger partial charge in [0.2, 0.25) is 0 Å². The lowest BCUT2D eigenvalue weighted by molar-refractivity contribution is 0.0783. The van der Waals surface area contributed by atoms with Crippen LogP contribution in [0, 0.1) is 0 Å². The minimum absolute atomic E-state index is 0.0770. The van der Waals surface area contributed by atoms with Crippen LogP contribution in [0.2, 0.25) is 0 Å². The molecule has 0 fully saturated rings. The van der Waals surface area contributed by atoms with Crippen molar-refractivity contribution < 1.29 is 4.79 Å². The Balaban J connectivity index is 1.76. The zero-order valence-corrected chi connectivity index (χ0v) is 13.5. The van der Waals surface area contributed by atoms with E-state index in [9.17, 15) is 4.79 Å². The molecule has 2 heterocycles. The third-order valence-corrected chi connectivity index (χ3v) is 3.62. The third-order valence-electron chi connectivity index (χ3n) is 3.62. The number of hydrogen-bond acceptors (Lipinski definition) is 4. The zero-order valence-electron chi connectivity index (χ0n) is 13.5. The predicted molar refractivity (Wildman–Crippen MR) is 87.9 cm³/mol. The van der Waals surface area contributed by atoms with Crippen molar-refractivity contribution in [2.45, 2.75) is 26.4 Å². The van der Waals surface area contributed by atoms with Crippen molar-refractivity contribution >= 4 is 16.9 Å². The molecule has 23 heavy (non-hydrogen) atoms. The highest BCUT2D eigenvalue weighted by molar-refractivity contribution is 5.93. The van der Waals surface area contributed by atoms with E-state index in [-0.39, 0.29) is 11.9 Å². The molecule has 6 nitrogen and oxygen atoms in total. The SMILES string of the molecule is CC(C)n1cc(C(=O)N(C)Cc2cnc3ccccc3n2)cn1.